The standard InChI is InChI=1S/C16H18FN3O2S/c17-13-3-1-12(2-4-13)9-14-10-18-16(23-14)19-15(21)11-20-5-7-22-8-6-20/h1-4,10H,5-9,11H2,(H,18,19,21). The number of benzene rings is 1. The van der Waals surface area contributed by atoms with Gasteiger partial charge in [-0.05, 0) is 17.7 Å². The summed E-state index contributed by atoms with van der Waals surface area (Å²) in [4.78, 5) is 19.3. The summed E-state index contributed by atoms with van der Waals surface area (Å²) < 4.78 is 18.2. The number of aromatic nitrogens is 1. The predicted molar refractivity (Wildman–Crippen MR) is 87.2 cm³/mol. The fourth-order valence-corrected chi connectivity index (χ4v) is 3.23. The number of halogens is 1. The van der Waals surface area contributed by atoms with Gasteiger partial charge in [-0.25, -0.2) is 9.37 Å². The van der Waals surface area contributed by atoms with Crippen LogP contribution < -0.4 is 5.32 Å². The molecular weight excluding hydrogens is 317 g/mol. The number of thiazole rings is 1. The second kappa shape index (κ2) is 7.63. The topological polar surface area (TPSA) is 54.5 Å². The van der Waals surface area contributed by atoms with E-state index in [9.17, 15) is 9.18 Å². The molecule has 1 amide bonds. The van der Waals surface area contributed by atoms with E-state index < -0.39 is 0 Å². The van der Waals surface area contributed by atoms with Gasteiger partial charge in [-0.15, -0.1) is 11.3 Å². The lowest BCUT2D eigenvalue weighted by Crippen LogP contribution is -2.41. The van der Waals surface area contributed by atoms with Crippen molar-refractivity contribution in [3.05, 3.63) is 46.7 Å². The molecule has 0 spiro atoms. The Morgan fingerprint density at radius 1 is 1.30 bits per heavy atom. The number of carbonyl (C=O) groups is 1. The van der Waals surface area contributed by atoms with E-state index >= 15 is 0 Å². The molecule has 122 valence electrons. The van der Waals surface area contributed by atoms with Crippen molar-refractivity contribution in [2.45, 2.75) is 6.42 Å². The molecule has 2 heterocycles. The molecule has 5 nitrogen and oxygen atoms in total. The van der Waals surface area contributed by atoms with Gasteiger partial charge in [-0.1, -0.05) is 12.1 Å². The van der Waals surface area contributed by atoms with Gasteiger partial charge < -0.3 is 10.1 Å². The molecule has 23 heavy (non-hydrogen) atoms. The van der Waals surface area contributed by atoms with Crippen molar-refractivity contribution < 1.29 is 13.9 Å². The number of anilines is 1. The summed E-state index contributed by atoms with van der Waals surface area (Å²) in [5, 5.41) is 3.43. The fraction of sp³-hybridized carbons (Fsp3) is 0.375. The highest BCUT2D eigenvalue weighted by Gasteiger charge is 2.15. The van der Waals surface area contributed by atoms with Crippen molar-refractivity contribution >= 4 is 22.4 Å². The molecule has 1 aromatic carbocycles. The van der Waals surface area contributed by atoms with Crippen molar-refractivity contribution in [3.63, 3.8) is 0 Å². The van der Waals surface area contributed by atoms with Crippen molar-refractivity contribution in [1.29, 1.82) is 0 Å². The number of ether oxygens (including phenoxy) is 1. The molecule has 1 aliphatic heterocycles. The molecule has 1 saturated heterocycles. The van der Waals surface area contributed by atoms with Crippen LogP contribution in [0.25, 0.3) is 0 Å². The fourth-order valence-electron chi connectivity index (χ4n) is 2.37. The zero-order valence-electron chi connectivity index (χ0n) is 12.6. The van der Waals surface area contributed by atoms with E-state index in [0.29, 0.717) is 31.3 Å². The lowest BCUT2D eigenvalue weighted by molar-refractivity contribution is -0.118. The quantitative estimate of drug-likeness (QED) is 0.910. The number of morpholine rings is 1. The lowest BCUT2D eigenvalue weighted by Gasteiger charge is -2.25. The maximum atomic E-state index is 12.9. The van der Waals surface area contributed by atoms with Gasteiger partial charge in [-0.2, -0.15) is 0 Å². The summed E-state index contributed by atoms with van der Waals surface area (Å²) in [5.41, 5.74) is 1.02. The Morgan fingerprint density at radius 3 is 2.78 bits per heavy atom. The number of rotatable bonds is 5. The van der Waals surface area contributed by atoms with Gasteiger partial charge in [0.15, 0.2) is 5.13 Å². The van der Waals surface area contributed by atoms with Crippen LogP contribution in [0.3, 0.4) is 0 Å². The third-order valence-corrected chi connectivity index (χ3v) is 4.48. The predicted octanol–water partition coefficient (Wildman–Crippen LogP) is 2.14. The van der Waals surface area contributed by atoms with Crippen molar-refractivity contribution in [2.75, 3.05) is 38.2 Å². The highest BCUT2D eigenvalue weighted by atomic mass is 32.1. The first kappa shape index (κ1) is 16.0. The molecule has 0 saturated carbocycles. The van der Waals surface area contributed by atoms with E-state index in [0.717, 1.165) is 23.5 Å². The molecule has 1 fully saturated rings. The third kappa shape index (κ3) is 4.82. The first-order chi connectivity index (χ1) is 11.2. The summed E-state index contributed by atoms with van der Waals surface area (Å²) in [6, 6.07) is 6.40. The molecule has 0 radical (unpaired) electrons. The van der Waals surface area contributed by atoms with Crippen LogP contribution in [-0.4, -0.2) is 48.6 Å². The number of hydrogen-bond acceptors (Lipinski definition) is 5. The molecule has 0 unspecified atom stereocenters. The first-order valence-corrected chi connectivity index (χ1v) is 8.30. The molecule has 0 aliphatic carbocycles. The van der Waals surface area contributed by atoms with Crippen LogP contribution in [0.4, 0.5) is 9.52 Å². The van der Waals surface area contributed by atoms with Crippen LogP contribution in [0.5, 0.6) is 0 Å². The highest BCUT2D eigenvalue weighted by molar-refractivity contribution is 7.15. The van der Waals surface area contributed by atoms with E-state index in [1.807, 2.05) is 0 Å². The molecule has 3 rings (SSSR count). The average Bonchev–Trinajstić information content (AvgIpc) is 2.97. The normalized spacial score (nSPS) is 15.5. The largest absolute Gasteiger partial charge is 0.379 e. The summed E-state index contributed by atoms with van der Waals surface area (Å²) in [7, 11) is 0. The van der Waals surface area contributed by atoms with Crippen molar-refractivity contribution in [1.82, 2.24) is 9.88 Å². The lowest BCUT2D eigenvalue weighted by atomic mass is 10.1. The van der Waals surface area contributed by atoms with Gasteiger partial charge >= 0.3 is 0 Å². The summed E-state index contributed by atoms with van der Waals surface area (Å²) in [5.74, 6) is -0.302. The summed E-state index contributed by atoms with van der Waals surface area (Å²) in [6.45, 7) is 3.26. The van der Waals surface area contributed by atoms with E-state index in [2.05, 4.69) is 15.2 Å². The van der Waals surface area contributed by atoms with E-state index in [1.54, 1.807) is 18.3 Å². The van der Waals surface area contributed by atoms with E-state index in [1.165, 1.54) is 23.5 Å². The zero-order valence-corrected chi connectivity index (χ0v) is 13.4. The molecule has 1 aromatic heterocycles. The number of hydrogen-bond donors (Lipinski definition) is 1. The first-order valence-electron chi connectivity index (χ1n) is 7.48. The number of amides is 1. The number of carbonyl (C=O) groups excluding carboxylic acids is 1. The maximum absolute atomic E-state index is 12.9. The second-order valence-corrected chi connectivity index (χ2v) is 6.49. The SMILES string of the molecule is O=C(CN1CCOCC1)Nc1ncc(Cc2ccc(F)cc2)s1. The molecule has 1 N–H and O–H groups in total. The Morgan fingerprint density at radius 2 is 2.04 bits per heavy atom. The van der Waals surface area contributed by atoms with Gasteiger partial charge in [0.05, 0.1) is 19.8 Å². The molecule has 0 atom stereocenters. The van der Waals surface area contributed by atoms with Gasteiger partial charge in [0.1, 0.15) is 5.82 Å². The van der Waals surface area contributed by atoms with Gasteiger partial charge in [0.25, 0.3) is 0 Å². The van der Waals surface area contributed by atoms with Gasteiger partial charge in [0, 0.05) is 30.6 Å². The van der Waals surface area contributed by atoms with E-state index in [-0.39, 0.29) is 11.7 Å². The minimum absolute atomic E-state index is 0.0606. The second-order valence-electron chi connectivity index (χ2n) is 5.37. The average molecular weight is 335 g/mol. The molecule has 7 heteroatoms. The Balaban J connectivity index is 1.52. The van der Waals surface area contributed by atoms with Crippen molar-refractivity contribution in [3.8, 4) is 0 Å². The van der Waals surface area contributed by atoms with Crippen LogP contribution in [0.1, 0.15) is 10.4 Å². The number of nitrogens with zero attached hydrogens (tertiary/aromatic N) is 2. The van der Waals surface area contributed by atoms with Gasteiger partial charge in [-0.3, -0.25) is 9.69 Å². The van der Waals surface area contributed by atoms with Gasteiger partial charge in [0.2, 0.25) is 5.91 Å². The smallest absolute Gasteiger partial charge is 0.240 e. The van der Waals surface area contributed by atoms with Crippen LogP contribution in [0.2, 0.25) is 0 Å². The number of nitrogens with one attached hydrogen (secondary N) is 1. The minimum atomic E-state index is -0.242. The summed E-state index contributed by atoms with van der Waals surface area (Å²) >= 11 is 1.44. The van der Waals surface area contributed by atoms with Crippen LogP contribution >= 0.6 is 11.3 Å². The van der Waals surface area contributed by atoms with Crippen LogP contribution in [-0.2, 0) is 16.0 Å². The van der Waals surface area contributed by atoms with Crippen molar-refractivity contribution in [2.24, 2.45) is 0 Å². The molecule has 0 bridgehead atoms. The Bertz CT molecular complexity index is 654. The van der Waals surface area contributed by atoms with Crippen LogP contribution in [0, 0.1) is 5.82 Å². The van der Waals surface area contributed by atoms with Crippen LogP contribution in [0.15, 0.2) is 30.5 Å². The maximum Gasteiger partial charge on any atom is 0.240 e. The molecule has 2 aromatic rings. The Kier molecular flexibility index (Phi) is 5.32. The Labute approximate surface area is 138 Å². The zero-order chi connectivity index (χ0) is 16.1. The minimum Gasteiger partial charge on any atom is -0.379 e. The monoisotopic (exact) mass is 335 g/mol. The van der Waals surface area contributed by atoms with E-state index in [4.69, 9.17) is 4.74 Å². The molecular formula is C16H18FN3O2S. The highest BCUT2D eigenvalue weighted by Crippen LogP contribution is 2.21. The summed E-state index contributed by atoms with van der Waals surface area (Å²) in [6.07, 6.45) is 2.43. The Hall–Kier alpha value is -1.83. The third-order valence-electron chi connectivity index (χ3n) is 3.56. The molecule has 1 aliphatic rings.